The number of amides is 2. The van der Waals surface area contributed by atoms with Crippen LogP contribution in [0.1, 0.15) is 74.1 Å². The van der Waals surface area contributed by atoms with Crippen molar-refractivity contribution in [3.8, 4) is 11.5 Å². The molecule has 2 heterocycles. The van der Waals surface area contributed by atoms with Crippen molar-refractivity contribution in [3.05, 3.63) is 70.9 Å². The molecule has 1 aliphatic carbocycles. The van der Waals surface area contributed by atoms with E-state index in [1.165, 1.54) is 0 Å². The lowest BCUT2D eigenvalue weighted by Gasteiger charge is -2.19. The van der Waals surface area contributed by atoms with Crippen LogP contribution in [-0.2, 0) is 32.0 Å². The van der Waals surface area contributed by atoms with Crippen LogP contribution in [0.2, 0.25) is 0 Å². The number of rotatable bonds is 12. The van der Waals surface area contributed by atoms with Crippen LogP contribution in [0.4, 0.5) is 10.6 Å². The molecule has 1 saturated heterocycles. The first-order valence-corrected chi connectivity index (χ1v) is 14.8. The lowest BCUT2D eigenvalue weighted by molar-refractivity contribution is -0.116. The second kappa shape index (κ2) is 14.4. The van der Waals surface area contributed by atoms with Crippen molar-refractivity contribution in [2.45, 2.75) is 76.9 Å². The minimum absolute atomic E-state index is 0.0295. The number of carbonyl (C=O) groups is 2. The highest BCUT2D eigenvalue weighted by molar-refractivity contribution is 5.90. The van der Waals surface area contributed by atoms with E-state index in [0.29, 0.717) is 44.2 Å². The lowest BCUT2D eigenvalue weighted by Crippen LogP contribution is -2.33. The summed E-state index contributed by atoms with van der Waals surface area (Å²) in [5, 5.41) is 13.0. The van der Waals surface area contributed by atoms with Crippen LogP contribution in [0.25, 0.3) is 0 Å². The standard InChI is InChI=1S/C32H40N4O7/c1-20(2)33-32(38)43-25-13-9-23(17-25)26-18-28(36-35-26)34-29(37)14-10-22-5-4-6-27(30(22)31-40-15-16-41-31)42-19-21-7-11-24(39-3)12-8-21/h4-8,11-12,18,20,23,25,31H,9-10,13-17,19H2,1-3H3,(H,33,38)(H2,34,35,36,37)/t23-,25+/m0/s1. The van der Waals surface area contributed by atoms with Gasteiger partial charge in [-0.05, 0) is 68.9 Å². The molecular formula is C32H40N4O7. The summed E-state index contributed by atoms with van der Waals surface area (Å²) >= 11 is 0. The molecule has 2 amide bonds. The summed E-state index contributed by atoms with van der Waals surface area (Å²) in [6.45, 7) is 5.16. The van der Waals surface area contributed by atoms with Gasteiger partial charge in [0, 0.05) is 30.1 Å². The number of aromatic nitrogens is 2. The number of hydrogen-bond donors (Lipinski definition) is 3. The number of hydrogen-bond acceptors (Lipinski definition) is 8. The van der Waals surface area contributed by atoms with E-state index in [2.05, 4.69) is 20.8 Å². The average Bonchev–Trinajstić information content (AvgIpc) is 3.78. The number of aromatic amines is 1. The van der Waals surface area contributed by atoms with E-state index in [9.17, 15) is 9.59 Å². The molecule has 1 aliphatic heterocycles. The maximum Gasteiger partial charge on any atom is 0.407 e. The number of carbonyl (C=O) groups excluding carboxylic acids is 2. The Morgan fingerprint density at radius 1 is 1.09 bits per heavy atom. The van der Waals surface area contributed by atoms with Gasteiger partial charge in [-0.2, -0.15) is 5.10 Å². The lowest BCUT2D eigenvalue weighted by atomic mass is 10.0. The third kappa shape index (κ3) is 8.26. The highest BCUT2D eigenvalue weighted by atomic mass is 16.7. The fourth-order valence-electron chi connectivity index (χ4n) is 5.42. The van der Waals surface area contributed by atoms with Gasteiger partial charge in [-0.15, -0.1) is 0 Å². The summed E-state index contributed by atoms with van der Waals surface area (Å²) in [4.78, 5) is 24.9. The molecule has 2 aromatic carbocycles. The summed E-state index contributed by atoms with van der Waals surface area (Å²) in [6, 6.07) is 15.4. The molecule has 1 aromatic heterocycles. The Kier molecular flexibility index (Phi) is 10.2. The molecule has 2 atom stereocenters. The number of anilines is 1. The molecule has 1 saturated carbocycles. The van der Waals surface area contributed by atoms with Gasteiger partial charge in [0.1, 0.15) is 24.2 Å². The summed E-state index contributed by atoms with van der Waals surface area (Å²) < 4.78 is 28.7. The van der Waals surface area contributed by atoms with Crippen molar-refractivity contribution in [3.63, 3.8) is 0 Å². The molecule has 3 aromatic rings. The molecule has 5 rings (SSSR count). The maximum atomic E-state index is 12.9. The summed E-state index contributed by atoms with van der Waals surface area (Å²) in [6.07, 6.45) is 2.03. The minimum atomic E-state index is -0.547. The molecule has 3 N–H and O–H groups in total. The van der Waals surface area contributed by atoms with Crippen molar-refractivity contribution in [1.82, 2.24) is 15.5 Å². The molecule has 0 radical (unpaired) electrons. The molecule has 0 unspecified atom stereocenters. The van der Waals surface area contributed by atoms with Crippen molar-refractivity contribution in [2.24, 2.45) is 0 Å². The number of ether oxygens (including phenoxy) is 5. The van der Waals surface area contributed by atoms with E-state index < -0.39 is 6.29 Å². The Balaban J connectivity index is 1.16. The molecule has 230 valence electrons. The molecular weight excluding hydrogens is 552 g/mol. The van der Waals surface area contributed by atoms with Crippen LogP contribution in [0.5, 0.6) is 11.5 Å². The van der Waals surface area contributed by atoms with Crippen LogP contribution in [0.3, 0.4) is 0 Å². The zero-order chi connectivity index (χ0) is 30.2. The molecule has 2 fully saturated rings. The monoisotopic (exact) mass is 592 g/mol. The third-order valence-electron chi connectivity index (χ3n) is 7.56. The predicted octanol–water partition coefficient (Wildman–Crippen LogP) is 5.38. The van der Waals surface area contributed by atoms with E-state index >= 15 is 0 Å². The molecule has 0 spiro atoms. The van der Waals surface area contributed by atoms with Crippen LogP contribution in [0.15, 0.2) is 48.5 Å². The Bertz CT molecular complexity index is 1370. The Morgan fingerprint density at radius 3 is 2.63 bits per heavy atom. The quantitative estimate of drug-likeness (QED) is 0.255. The number of aryl methyl sites for hydroxylation is 1. The highest BCUT2D eigenvalue weighted by Crippen LogP contribution is 2.37. The van der Waals surface area contributed by atoms with Gasteiger partial charge in [0.25, 0.3) is 0 Å². The number of nitrogens with zero attached hydrogens (tertiary/aromatic N) is 1. The Morgan fingerprint density at radius 2 is 1.88 bits per heavy atom. The first-order valence-electron chi connectivity index (χ1n) is 14.8. The summed E-state index contributed by atoms with van der Waals surface area (Å²) in [7, 11) is 1.64. The van der Waals surface area contributed by atoms with Gasteiger partial charge in [-0.25, -0.2) is 4.79 Å². The number of benzene rings is 2. The second-order valence-corrected chi connectivity index (χ2v) is 11.1. The molecule has 43 heavy (non-hydrogen) atoms. The molecule has 0 bridgehead atoms. The van der Waals surface area contributed by atoms with E-state index in [4.69, 9.17) is 23.7 Å². The minimum Gasteiger partial charge on any atom is -0.497 e. The van der Waals surface area contributed by atoms with Crippen LogP contribution in [0, 0.1) is 0 Å². The van der Waals surface area contributed by atoms with Crippen LogP contribution in [-0.4, -0.2) is 54.7 Å². The number of methoxy groups -OCH3 is 1. The molecule has 11 heteroatoms. The zero-order valence-electron chi connectivity index (χ0n) is 24.9. The van der Waals surface area contributed by atoms with Gasteiger partial charge in [0.15, 0.2) is 12.1 Å². The number of H-pyrrole nitrogens is 1. The fraction of sp³-hybridized carbons (Fsp3) is 0.469. The van der Waals surface area contributed by atoms with Gasteiger partial charge >= 0.3 is 6.09 Å². The van der Waals surface area contributed by atoms with E-state index in [1.807, 2.05) is 62.4 Å². The summed E-state index contributed by atoms with van der Waals surface area (Å²) in [5.41, 5.74) is 3.66. The summed E-state index contributed by atoms with van der Waals surface area (Å²) in [5.74, 6) is 1.96. The van der Waals surface area contributed by atoms with Gasteiger partial charge < -0.3 is 34.3 Å². The predicted molar refractivity (Wildman–Crippen MR) is 159 cm³/mol. The number of nitrogens with one attached hydrogen (secondary N) is 3. The first kappa shape index (κ1) is 30.4. The van der Waals surface area contributed by atoms with Gasteiger partial charge in [-0.3, -0.25) is 9.89 Å². The topological polar surface area (TPSA) is 133 Å². The van der Waals surface area contributed by atoms with E-state index in [-0.39, 0.29) is 36.5 Å². The molecule has 11 nitrogen and oxygen atoms in total. The van der Waals surface area contributed by atoms with Gasteiger partial charge in [0.05, 0.1) is 25.9 Å². The maximum absolute atomic E-state index is 12.9. The second-order valence-electron chi connectivity index (χ2n) is 11.1. The van der Waals surface area contributed by atoms with Gasteiger partial charge in [0.2, 0.25) is 5.91 Å². The SMILES string of the molecule is COc1ccc(COc2cccc(CCC(=O)Nc3cc([C@H]4CC[C@@H](OC(=O)NC(C)C)C4)[nH]n3)c2C2OCCO2)cc1. The zero-order valence-corrected chi connectivity index (χ0v) is 24.9. The average molecular weight is 593 g/mol. The molecule has 2 aliphatic rings. The van der Waals surface area contributed by atoms with Crippen molar-refractivity contribution >= 4 is 17.8 Å². The Labute approximate surface area is 251 Å². The van der Waals surface area contributed by atoms with E-state index in [1.54, 1.807) is 7.11 Å². The first-order chi connectivity index (χ1) is 20.9. The number of alkyl carbamates (subject to hydrolysis) is 1. The fourth-order valence-corrected chi connectivity index (χ4v) is 5.42. The van der Waals surface area contributed by atoms with E-state index in [0.717, 1.165) is 41.0 Å². The Hall–Kier alpha value is -4.09. The van der Waals surface area contributed by atoms with Crippen molar-refractivity contribution in [2.75, 3.05) is 25.6 Å². The smallest absolute Gasteiger partial charge is 0.407 e. The van der Waals surface area contributed by atoms with Crippen molar-refractivity contribution in [1.29, 1.82) is 0 Å². The highest BCUT2D eigenvalue weighted by Gasteiger charge is 2.30. The van der Waals surface area contributed by atoms with Crippen molar-refractivity contribution < 1.29 is 33.3 Å². The largest absolute Gasteiger partial charge is 0.497 e. The van der Waals surface area contributed by atoms with Crippen LogP contribution >= 0.6 is 0 Å². The third-order valence-corrected chi connectivity index (χ3v) is 7.56. The van der Waals surface area contributed by atoms with Crippen LogP contribution < -0.4 is 20.1 Å². The normalized spacial score (nSPS) is 18.5. The van der Waals surface area contributed by atoms with Gasteiger partial charge in [-0.1, -0.05) is 24.3 Å².